The maximum Gasteiger partial charge on any atom is 0 e. The van der Waals surface area contributed by atoms with Crippen LogP contribution in [0.4, 0.5) is 0 Å². The smallest absolute Gasteiger partial charge is 0 e. The van der Waals surface area contributed by atoms with Crippen molar-refractivity contribution in [2.24, 2.45) is 0 Å². The summed E-state index contributed by atoms with van der Waals surface area (Å²) in [5.74, 6) is 0. The van der Waals surface area contributed by atoms with Crippen LogP contribution in [0.2, 0.25) is 0 Å². The van der Waals surface area contributed by atoms with Crippen molar-refractivity contribution in [3.63, 3.8) is 0 Å². The van der Waals surface area contributed by atoms with Crippen molar-refractivity contribution >= 4 is 0 Å². The molecule has 0 amide bonds. The molecule has 2 N–H and O–H groups in total. The van der Waals surface area contributed by atoms with Gasteiger partial charge in [0, 0.05) is 58.6 Å². The van der Waals surface area contributed by atoms with Crippen molar-refractivity contribution in [3.05, 3.63) is 0 Å². The first kappa shape index (κ1) is 40.6. The van der Waals surface area contributed by atoms with E-state index < -0.39 is 0 Å². The van der Waals surface area contributed by atoms with Gasteiger partial charge in [0.05, 0.1) is 0 Å². The van der Waals surface area contributed by atoms with E-state index in [1.54, 1.807) is 0 Å². The quantitative estimate of drug-likeness (QED) is 0.521. The number of hydrogen-bond donors (Lipinski definition) is 0. The molecular weight excluding hydrogens is 321 g/mol. The SMILES string of the molecule is O.[Co].[Ta].[Zn]. The molecule has 0 bridgehead atoms. The first-order valence-corrected chi connectivity index (χ1v) is 0. The van der Waals surface area contributed by atoms with Crippen LogP contribution in [0.15, 0.2) is 0 Å². The molecule has 0 atom stereocenters. The zero-order chi connectivity index (χ0) is 0. The summed E-state index contributed by atoms with van der Waals surface area (Å²) in [5.41, 5.74) is 0. The van der Waals surface area contributed by atoms with Crippen LogP contribution >= 0.6 is 0 Å². The summed E-state index contributed by atoms with van der Waals surface area (Å²) in [5, 5.41) is 0. The fraction of sp³-hybridized carbons (Fsp3) is 0. The van der Waals surface area contributed by atoms with Gasteiger partial charge >= 0.3 is 0 Å². The largest absolute Gasteiger partial charge is 0.412 e. The standard InChI is InChI=1S/Co.H2O.Ta.Zn/h;1H2;;. The summed E-state index contributed by atoms with van der Waals surface area (Å²) >= 11 is 0. The van der Waals surface area contributed by atoms with Crippen LogP contribution in [0.3, 0.4) is 0 Å². The zero-order valence-corrected chi connectivity index (χ0v) is 9.21. The minimum Gasteiger partial charge on any atom is -0.412 e. The predicted molar refractivity (Wildman–Crippen MR) is 3.61 cm³/mol. The monoisotopic (exact) mass is 322 g/mol. The third-order valence-electron chi connectivity index (χ3n) is 0. The molecular formula is H2CoOTaZn. The second kappa shape index (κ2) is 21.2. The first-order chi connectivity index (χ1) is 0. The van der Waals surface area contributed by atoms with E-state index in [4.69, 9.17) is 0 Å². The summed E-state index contributed by atoms with van der Waals surface area (Å²) in [6.45, 7) is 0. The fourth-order valence-electron chi connectivity index (χ4n) is 0. The molecule has 0 aromatic carbocycles. The van der Waals surface area contributed by atoms with E-state index in [1.807, 2.05) is 0 Å². The van der Waals surface area contributed by atoms with Crippen LogP contribution in [-0.4, -0.2) is 5.48 Å². The first-order valence-electron chi connectivity index (χ1n) is 0. The van der Waals surface area contributed by atoms with Gasteiger partial charge in [-0.2, -0.15) is 0 Å². The Labute approximate surface area is 63.7 Å². The van der Waals surface area contributed by atoms with E-state index in [9.17, 15) is 0 Å². The van der Waals surface area contributed by atoms with E-state index in [0.717, 1.165) is 0 Å². The van der Waals surface area contributed by atoms with Crippen molar-refractivity contribution in [2.75, 3.05) is 0 Å². The Hall–Kier alpha value is 1.83. The predicted octanol–water partition coefficient (Wildman–Crippen LogP) is -0.832. The van der Waals surface area contributed by atoms with Gasteiger partial charge in [-0.25, -0.2) is 0 Å². The summed E-state index contributed by atoms with van der Waals surface area (Å²) in [6.07, 6.45) is 0. The summed E-state index contributed by atoms with van der Waals surface area (Å²) in [4.78, 5) is 0. The van der Waals surface area contributed by atoms with Gasteiger partial charge < -0.3 is 5.48 Å². The molecule has 0 aromatic heterocycles. The third kappa shape index (κ3) is 9.16. The molecule has 24 valence electrons. The third-order valence-corrected chi connectivity index (χ3v) is 0. The van der Waals surface area contributed by atoms with Gasteiger partial charge in [-0.05, 0) is 0 Å². The molecule has 0 fully saturated rings. The van der Waals surface area contributed by atoms with E-state index in [1.165, 1.54) is 0 Å². The van der Waals surface area contributed by atoms with Gasteiger partial charge in [0.1, 0.15) is 0 Å². The second-order valence-electron chi connectivity index (χ2n) is 0. The summed E-state index contributed by atoms with van der Waals surface area (Å²) in [6, 6.07) is 0. The van der Waals surface area contributed by atoms with Crippen LogP contribution in [0.1, 0.15) is 0 Å². The summed E-state index contributed by atoms with van der Waals surface area (Å²) in [7, 11) is 0. The average Bonchev–Trinajstić information content (AvgIpc) is 0. The van der Waals surface area contributed by atoms with E-state index in [2.05, 4.69) is 0 Å². The maximum atomic E-state index is 0. The van der Waals surface area contributed by atoms with Crippen LogP contribution in [0, 0.1) is 0 Å². The second-order valence-corrected chi connectivity index (χ2v) is 0. The Morgan fingerprint density at radius 1 is 1.00 bits per heavy atom. The molecule has 0 unspecified atom stereocenters. The van der Waals surface area contributed by atoms with Crippen LogP contribution < -0.4 is 0 Å². The van der Waals surface area contributed by atoms with E-state index in [0.29, 0.717) is 0 Å². The molecule has 0 aliphatic carbocycles. The molecule has 0 aliphatic rings. The fourth-order valence-corrected chi connectivity index (χ4v) is 0. The molecule has 4 heteroatoms. The Bertz CT molecular complexity index is 8.00. The maximum absolute atomic E-state index is 0. The van der Waals surface area contributed by atoms with Gasteiger partial charge in [-0.15, -0.1) is 0 Å². The van der Waals surface area contributed by atoms with Gasteiger partial charge in [-0.1, -0.05) is 0 Å². The van der Waals surface area contributed by atoms with E-state index >= 15 is 0 Å². The molecule has 0 heterocycles. The molecule has 0 saturated carbocycles. The molecule has 0 aliphatic heterocycles. The number of rotatable bonds is 0. The molecule has 0 spiro atoms. The van der Waals surface area contributed by atoms with Crippen molar-refractivity contribution < 1.29 is 64.1 Å². The Morgan fingerprint density at radius 3 is 1.00 bits per heavy atom. The minimum atomic E-state index is 0. The van der Waals surface area contributed by atoms with Gasteiger partial charge in [0.15, 0.2) is 0 Å². The molecule has 0 saturated heterocycles. The van der Waals surface area contributed by atoms with E-state index in [-0.39, 0.29) is 64.1 Å². The molecule has 4 heavy (non-hydrogen) atoms. The van der Waals surface area contributed by atoms with Gasteiger partial charge in [0.25, 0.3) is 0 Å². The zero-order valence-electron chi connectivity index (χ0n) is 1.99. The number of hydrogen-bond acceptors (Lipinski definition) is 0. The molecule has 2 radical (unpaired) electrons. The normalized spacial score (nSPS) is 0. The average molecular weight is 323 g/mol. The molecule has 0 aromatic rings. The van der Waals surface area contributed by atoms with Crippen molar-refractivity contribution in [2.45, 2.75) is 0 Å². The Kier molecular flexibility index (Phi) is 215. The van der Waals surface area contributed by atoms with Crippen molar-refractivity contribution in [3.8, 4) is 0 Å². The van der Waals surface area contributed by atoms with Crippen LogP contribution in [-0.2, 0) is 58.6 Å². The Balaban J connectivity index is 0. The Morgan fingerprint density at radius 2 is 1.00 bits per heavy atom. The summed E-state index contributed by atoms with van der Waals surface area (Å²) < 4.78 is 0. The molecule has 0 rings (SSSR count). The van der Waals surface area contributed by atoms with Gasteiger partial charge in [-0.3, -0.25) is 0 Å². The minimum absolute atomic E-state index is 0. The van der Waals surface area contributed by atoms with Crippen LogP contribution in [0.5, 0.6) is 0 Å². The van der Waals surface area contributed by atoms with Crippen molar-refractivity contribution in [1.82, 2.24) is 0 Å². The van der Waals surface area contributed by atoms with Crippen molar-refractivity contribution in [1.29, 1.82) is 0 Å². The van der Waals surface area contributed by atoms with Crippen LogP contribution in [0.25, 0.3) is 0 Å². The topological polar surface area (TPSA) is 31.5 Å². The van der Waals surface area contributed by atoms with Gasteiger partial charge in [0.2, 0.25) is 0 Å². The molecule has 1 nitrogen and oxygen atoms in total.